The molecule has 0 aliphatic rings. The van der Waals surface area contributed by atoms with Gasteiger partial charge in [0.1, 0.15) is 6.07 Å². The zero-order chi connectivity index (χ0) is 12.0. The highest BCUT2D eigenvalue weighted by Crippen LogP contribution is 2.23. The van der Waals surface area contributed by atoms with Crippen LogP contribution in [0.2, 0.25) is 5.02 Å². The molecule has 4 heteroatoms. The number of rotatable bonds is 5. The lowest BCUT2D eigenvalue weighted by atomic mass is 10.1. The van der Waals surface area contributed by atoms with E-state index in [0.717, 1.165) is 18.7 Å². The van der Waals surface area contributed by atoms with Crippen molar-refractivity contribution in [1.82, 2.24) is 0 Å². The highest BCUT2D eigenvalue weighted by Gasteiger charge is 2.07. The molecule has 1 aromatic rings. The van der Waals surface area contributed by atoms with Crippen molar-refractivity contribution in [1.29, 1.82) is 5.26 Å². The normalized spacial score (nSPS) is 11.9. The number of nitrogens with zero attached hydrogens (tertiary/aromatic N) is 1. The van der Waals surface area contributed by atoms with Gasteiger partial charge in [-0.3, -0.25) is 0 Å². The summed E-state index contributed by atoms with van der Waals surface area (Å²) < 4.78 is 0. The fourth-order valence-electron chi connectivity index (χ4n) is 1.39. The molecule has 1 aromatic carbocycles. The van der Waals surface area contributed by atoms with Gasteiger partial charge in [-0.2, -0.15) is 5.26 Å². The predicted molar refractivity (Wildman–Crippen MR) is 65.5 cm³/mol. The van der Waals surface area contributed by atoms with E-state index in [-0.39, 0.29) is 6.61 Å². The molecule has 16 heavy (non-hydrogen) atoms. The van der Waals surface area contributed by atoms with Crippen LogP contribution in [0.25, 0.3) is 0 Å². The molecular formula is C12H15ClN2O. The first-order valence-electron chi connectivity index (χ1n) is 5.22. The van der Waals surface area contributed by atoms with Crippen molar-refractivity contribution in [3.63, 3.8) is 0 Å². The Kier molecular flexibility index (Phi) is 5.10. The molecule has 0 radical (unpaired) electrons. The molecule has 3 nitrogen and oxygen atoms in total. The number of aliphatic hydroxyl groups is 1. The van der Waals surface area contributed by atoms with Crippen LogP contribution in [0.15, 0.2) is 18.2 Å². The molecule has 2 N–H and O–H groups in total. The van der Waals surface area contributed by atoms with Gasteiger partial charge < -0.3 is 10.4 Å². The molecule has 0 heterocycles. The molecule has 86 valence electrons. The van der Waals surface area contributed by atoms with Gasteiger partial charge in [0.15, 0.2) is 0 Å². The van der Waals surface area contributed by atoms with Gasteiger partial charge >= 0.3 is 0 Å². The number of nitriles is 1. The maximum atomic E-state index is 8.95. The fraction of sp³-hybridized carbons (Fsp3) is 0.417. The Balaban J connectivity index is 2.67. The Hall–Kier alpha value is -1.24. The molecule has 0 saturated heterocycles. The first kappa shape index (κ1) is 12.8. The van der Waals surface area contributed by atoms with Crippen molar-refractivity contribution in [2.45, 2.75) is 13.3 Å². The van der Waals surface area contributed by atoms with E-state index in [1.54, 1.807) is 6.07 Å². The second-order valence-electron chi connectivity index (χ2n) is 3.77. The lowest BCUT2D eigenvalue weighted by Crippen LogP contribution is -2.13. The topological polar surface area (TPSA) is 56.0 Å². The lowest BCUT2D eigenvalue weighted by molar-refractivity contribution is 0.266. The van der Waals surface area contributed by atoms with Crippen LogP contribution >= 0.6 is 11.6 Å². The minimum Gasteiger partial charge on any atom is -0.396 e. The number of nitrogens with one attached hydrogen (secondary N) is 1. The number of hydrogen-bond acceptors (Lipinski definition) is 3. The number of anilines is 1. The molecule has 0 aliphatic heterocycles. The SMILES string of the molecule is CC(CCO)CNc1cccc(Cl)c1C#N. The highest BCUT2D eigenvalue weighted by molar-refractivity contribution is 6.32. The first-order chi connectivity index (χ1) is 7.69. The van der Waals surface area contributed by atoms with E-state index in [1.165, 1.54) is 0 Å². The van der Waals surface area contributed by atoms with Crippen LogP contribution in [0.4, 0.5) is 5.69 Å². The van der Waals surface area contributed by atoms with E-state index >= 15 is 0 Å². The Labute approximate surface area is 101 Å². The molecule has 0 bridgehead atoms. The quantitative estimate of drug-likeness (QED) is 0.829. The highest BCUT2D eigenvalue weighted by atomic mass is 35.5. The van der Waals surface area contributed by atoms with Gasteiger partial charge in [-0.25, -0.2) is 0 Å². The zero-order valence-electron chi connectivity index (χ0n) is 9.20. The monoisotopic (exact) mass is 238 g/mol. The Morgan fingerprint density at radius 3 is 2.94 bits per heavy atom. The average Bonchev–Trinajstić information content (AvgIpc) is 2.27. The van der Waals surface area contributed by atoms with E-state index in [9.17, 15) is 0 Å². The number of hydrogen-bond donors (Lipinski definition) is 2. The summed E-state index contributed by atoms with van der Waals surface area (Å²) in [4.78, 5) is 0. The third-order valence-corrected chi connectivity index (χ3v) is 2.70. The van der Waals surface area contributed by atoms with Crippen LogP contribution in [0, 0.1) is 17.2 Å². The van der Waals surface area contributed by atoms with Crippen molar-refractivity contribution in [3.05, 3.63) is 28.8 Å². The minimum absolute atomic E-state index is 0.184. The smallest absolute Gasteiger partial charge is 0.103 e. The van der Waals surface area contributed by atoms with Crippen molar-refractivity contribution in [2.24, 2.45) is 5.92 Å². The van der Waals surface area contributed by atoms with Crippen molar-refractivity contribution in [3.8, 4) is 6.07 Å². The zero-order valence-corrected chi connectivity index (χ0v) is 9.96. The van der Waals surface area contributed by atoms with Gasteiger partial charge in [0, 0.05) is 13.2 Å². The van der Waals surface area contributed by atoms with Crippen LogP contribution in [0.3, 0.4) is 0 Å². The third-order valence-electron chi connectivity index (χ3n) is 2.39. The molecule has 0 saturated carbocycles. The van der Waals surface area contributed by atoms with Gasteiger partial charge in [-0.05, 0) is 24.5 Å². The van der Waals surface area contributed by atoms with E-state index in [1.807, 2.05) is 19.1 Å². The summed E-state index contributed by atoms with van der Waals surface area (Å²) >= 11 is 5.90. The summed E-state index contributed by atoms with van der Waals surface area (Å²) in [6.45, 7) is 2.94. The number of halogens is 1. The van der Waals surface area contributed by atoms with Crippen molar-refractivity contribution < 1.29 is 5.11 Å². The Morgan fingerprint density at radius 1 is 1.56 bits per heavy atom. The maximum absolute atomic E-state index is 8.95. The molecule has 1 rings (SSSR count). The van der Waals surface area contributed by atoms with Gasteiger partial charge in [0.2, 0.25) is 0 Å². The number of aliphatic hydroxyl groups excluding tert-OH is 1. The minimum atomic E-state index is 0.184. The largest absolute Gasteiger partial charge is 0.396 e. The van der Waals surface area contributed by atoms with E-state index in [0.29, 0.717) is 16.5 Å². The number of benzene rings is 1. The average molecular weight is 239 g/mol. The molecular weight excluding hydrogens is 224 g/mol. The fourth-order valence-corrected chi connectivity index (χ4v) is 1.61. The van der Waals surface area contributed by atoms with E-state index in [4.69, 9.17) is 22.0 Å². The summed E-state index contributed by atoms with van der Waals surface area (Å²) in [5.74, 6) is 0.357. The van der Waals surface area contributed by atoms with Crippen LogP contribution in [-0.2, 0) is 0 Å². The lowest BCUT2D eigenvalue weighted by Gasteiger charge is -2.13. The molecule has 0 aromatic heterocycles. The van der Waals surface area contributed by atoms with E-state index < -0.39 is 0 Å². The van der Waals surface area contributed by atoms with Gasteiger partial charge in [0.25, 0.3) is 0 Å². The molecule has 1 unspecified atom stereocenters. The van der Waals surface area contributed by atoms with Gasteiger partial charge in [-0.15, -0.1) is 0 Å². The van der Waals surface area contributed by atoms with Crippen LogP contribution < -0.4 is 5.32 Å². The molecule has 0 spiro atoms. The van der Waals surface area contributed by atoms with Crippen LogP contribution in [0.1, 0.15) is 18.9 Å². The summed E-state index contributed by atoms with van der Waals surface area (Å²) in [6.07, 6.45) is 0.745. The van der Waals surface area contributed by atoms with Crippen LogP contribution in [-0.4, -0.2) is 18.3 Å². The van der Waals surface area contributed by atoms with Gasteiger partial charge in [-0.1, -0.05) is 24.6 Å². The Bertz CT molecular complexity index is 387. The molecule has 0 amide bonds. The second-order valence-corrected chi connectivity index (χ2v) is 4.18. The maximum Gasteiger partial charge on any atom is 0.103 e. The second kappa shape index (κ2) is 6.37. The molecule has 0 aliphatic carbocycles. The standard InChI is InChI=1S/C12H15ClN2O/c1-9(5-6-16)8-15-12-4-2-3-11(13)10(12)7-14/h2-4,9,15-16H,5-6,8H2,1H3. The first-order valence-corrected chi connectivity index (χ1v) is 5.60. The summed E-state index contributed by atoms with van der Waals surface area (Å²) in [5.41, 5.74) is 1.22. The van der Waals surface area contributed by atoms with Crippen LogP contribution in [0.5, 0.6) is 0 Å². The summed E-state index contributed by atoms with van der Waals surface area (Å²) in [5, 5.41) is 21.4. The van der Waals surface area contributed by atoms with Crippen molar-refractivity contribution >= 4 is 17.3 Å². The van der Waals surface area contributed by atoms with Crippen molar-refractivity contribution in [2.75, 3.05) is 18.5 Å². The Morgan fingerprint density at radius 2 is 2.31 bits per heavy atom. The predicted octanol–water partition coefficient (Wildman–Crippen LogP) is 2.64. The summed E-state index contributed by atoms with van der Waals surface area (Å²) in [7, 11) is 0. The summed E-state index contributed by atoms with van der Waals surface area (Å²) in [6, 6.07) is 7.41. The molecule has 1 atom stereocenters. The van der Waals surface area contributed by atoms with Gasteiger partial charge in [0.05, 0.1) is 16.3 Å². The third kappa shape index (κ3) is 3.41. The molecule has 0 fully saturated rings. The van der Waals surface area contributed by atoms with E-state index in [2.05, 4.69) is 11.4 Å².